The lowest BCUT2D eigenvalue weighted by Crippen LogP contribution is -2.46. The Bertz CT molecular complexity index is 370. The molecule has 2 aliphatic heterocycles. The highest BCUT2D eigenvalue weighted by Gasteiger charge is 2.26. The third-order valence-electron chi connectivity index (χ3n) is 2.35. The molecule has 0 saturated carbocycles. The number of sulfone groups is 1. The van der Waals surface area contributed by atoms with Gasteiger partial charge < -0.3 is 10.6 Å². The van der Waals surface area contributed by atoms with E-state index >= 15 is 0 Å². The van der Waals surface area contributed by atoms with Gasteiger partial charge in [0.2, 0.25) is 0 Å². The van der Waals surface area contributed by atoms with Crippen molar-refractivity contribution in [3.05, 3.63) is 23.9 Å². The number of hydrogen-bond donors (Lipinski definition) is 2. The molecule has 0 aromatic rings. The summed E-state index contributed by atoms with van der Waals surface area (Å²) >= 11 is 0. The first-order chi connectivity index (χ1) is 6.67. The molecule has 5 heteroatoms. The van der Waals surface area contributed by atoms with E-state index in [0.717, 1.165) is 12.1 Å². The summed E-state index contributed by atoms with van der Waals surface area (Å²) in [4.78, 5) is 0. The second kappa shape index (κ2) is 3.74. The van der Waals surface area contributed by atoms with E-state index in [1.54, 1.807) is 0 Å². The zero-order valence-electron chi connectivity index (χ0n) is 7.79. The maximum Gasteiger partial charge on any atom is 0.153 e. The molecule has 14 heavy (non-hydrogen) atoms. The summed E-state index contributed by atoms with van der Waals surface area (Å²) in [5.41, 5.74) is 0.902. The van der Waals surface area contributed by atoms with Crippen LogP contribution >= 0.6 is 0 Å². The molecule has 1 saturated heterocycles. The van der Waals surface area contributed by atoms with Crippen LogP contribution in [-0.2, 0) is 9.84 Å². The van der Waals surface area contributed by atoms with Gasteiger partial charge in [0.25, 0.3) is 0 Å². The van der Waals surface area contributed by atoms with Gasteiger partial charge in [-0.2, -0.15) is 0 Å². The predicted octanol–water partition coefficient (Wildman–Crippen LogP) is -0.781. The first kappa shape index (κ1) is 9.73. The molecule has 0 aromatic heterocycles. The summed E-state index contributed by atoms with van der Waals surface area (Å²) in [7, 11) is -2.87. The molecule has 1 unspecified atom stereocenters. The van der Waals surface area contributed by atoms with E-state index < -0.39 is 9.84 Å². The molecular formula is C9H13N2O2S. The first-order valence-electron chi connectivity index (χ1n) is 4.63. The van der Waals surface area contributed by atoms with Crippen LogP contribution in [0.5, 0.6) is 0 Å². The van der Waals surface area contributed by atoms with E-state index in [4.69, 9.17) is 0 Å². The third kappa shape index (κ3) is 2.16. The van der Waals surface area contributed by atoms with Crippen LogP contribution in [0.15, 0.2) is 17.7 Å². The molecule has 0 spiro atoms. The van der Waals surface area contributed by atoms with Gasteiger partial charge >= 0.3 is 0 Å². The Labute approximate surface area is 84.0 Å². The Morgan fingerprint density at radius 1 is 1.50 bits per heavy atom. The Kier molecular flexibility index (Phi) is 2.60. The van der Waals surface area contributed by atoms with Crippen LogP contribution in [0, 0.1) is 6.20 Å². The summed E-state index contributed by atoms with van der Waals surface area (Å²) in [5, 5.41) is 6.13. The molecular weight excluding hydrogens is 200 g/mol. The van der Waals surface area contributed by atoms with E-state index in [9.17, 15) is 8.42 Å². The van der Waals surface area contributed by atoms with Crippen molar-refractivity contribution in [2.24, 2.45) is 0 Å². The Morgan fingerprint density at radius 3 is 3.00 bits per heavy atom. The van der Waals surface area contributed by atoms with Crippen molar-refractivity contribution >= 4 is 9.84 Å². The third-order valence-corrected chi connectivity index (χ3v) is 4.02. The van der Waals surface area contributed by atoms with E-state index in [0.29, 0.717) is 6.54 Å². The van der Waals surface area contributed by atoms with Crippen molar-refractivity contribution in [3.63, 3.8) is 0 Å². The quantitative estimate of drug-likeness (QED) is 0.600. The molecule has 0 aromatic carbocycles. The van der Waals surface area contributed by atoms with Crippen molar-refractivity contribution in [2.75, 3.05) is 24.6 Å². The molecule has 0 bridgehead atoms. The first-order valence-corrected chi connectivity index (χ1v) is 6.46. The van der Waals surface area contributed by atoms with Gasteiger partial charge in [0.05, 0.1) is 17.7 Å². The minimum Gasteiger partial charge on any atom is -0.380 e. The lowest BCUT2D eigenvalue weighted by molar-refractivity contribution is 0.548. The van der Waals surface area contributed by atoms with Gasteiger partial charge in [0.1, 0.15) is 0 Å². The maximum absolute atomic E-state index is 11.4. The largest absolute Gasteiger partial charge is 0.380 e. The molecule has 2 rings (SSSR count). The van der Waals surface area contributed by atoms with Gasteiger partial charge in [-0.25, -0.2) is 8.42 Å². The zero-order chi connectivity index (χ0) is 10.0. The second-order valence-corrected chi connectivity index (χ2v) is 5.71. The van der Waals surface area contributed by atoms with Crippen LogP contribution in [0.2, 0.25) is 0 Å². The molecule has 77 valence electrons. The Balaban J connectivity index is 2.11. The summed E-state index contributed by atoms with van der Waals surface area (Å²) < 4.78 is 22.8. The molecule has 0 amide bonds. The van der Waals surface area contributed by atoms with Crippen LogP contribution in [-0.4, -0.2) is 39.1 Å². The van der Waals surface area contributed by atoms with Gasteiger partial charge in [0, 0.05) is 19.1 Å². The average Bonchev–Trinajstić information content (AvgIpc) is 2.18. The predicted molar refractivity (Wildman–Crippen MR) is 54.3 cm³/mol. The highest BCUT2D eigenvalue weighted by atomic mass is 32.2. The van der Waals surface area contributed by atoms with Crippen LogP contribution in [0.25, 0.3) is 0 Å². The minimum absolute atomic E-state index is 0.0993. The highest BCUT2D eigenvalue weighted by molar-refractivity contribution is 7.91. The number of dihydropyridines is 1. The fourth-order valence-corrected chi connectivity index (χ4v) is 3.03. The van der Waals surface area contributed by atoms with Crippen molar-refractivity contribution in [2.45, 2.75) is 6.04 Å². The van der Waals surface area contributed by atoms with Crippen LogP contribution in [0.1, 0.15) is 0 Å². The van der Waals surface area contributed by atoms with Crippen molar-refractivity contribution in [1.82, 2.24) is 10.6 Å². The molecule has 4 nitrogen and oxygen atoms in total. The standard InChI is InChI=1S/C9H13N2O2S/c12-14(13)5-4-11-9(7-14)8-2-1-3-10-6-8/h1-2,9-11H,3-5,7H2. The van der Waals surface area contributed by atoms with E-state index in [-0.39, 0.29) is 17.5 Å². The second-order valence-electron chi connectivity index (χ2n) is 3.48. The molecule has 1 fully saturated rings. The minimum atomic E-state index is -2.87. The molecule has 1 radical (unpaired) electrons. The number of nitrogens with one attached hydrogen (secondary N) is 2. The fraction of sp³-hybridized carbons (Fsp3) is 0.556. The smallest absolute Gasteiger partial charge is 0.153 e. The van der Waals surface area contributed by atoms with Crippen LogP contribution in [0.4, 0.5) is 0 Å². The summed E-state index contributed by atoms with van der Waals surface area (Å²) in [6, 6.07) is -0.0993. The Hall–Kier alpha value is -0.810. The number of rotatable bonds is 1. The summed E-state index contributed by atoms with van der Waals surface area (Å²) in [6.07, 6.45) is 6.87. The normalized spacial score (nSPS) is 30.6. The van der Waals surface area contributed by atoms with E-state index in [2.05, 4.69) is 16.8 Å². The van der Waals surface area contributed by atoms with Crippen molar-refractivity contribution in [3.8, 4) is 0 Å². The maximum atomic E-state index is 11.4. The fourth-order valence-electron chi connectivity index (χ4n) is 1.63. The molecule has 2 heterocycles. The lowest BCUT2D eigenvalue weighted by atomic mass is 10.1. The topological polar surface area (TPSA) is 58.2 Å². The summed E-state index contributed by atoms with van der Waals surface area (Å²) in [5.74, 6) is 0.426. The van der Waals surface area contributed by atoms with Gasteiger partial charge in [-0.15, -0.1) is 0 Å². The number of hydrogen-bond acceptors (Lipinski definition) is 4. The average molecular weight is 213 g/mol. The lowest BCUT2D eigenvalue weighted by Gasteiger charge is -2.25. The summed E-state index contributed by atoms with van der Waals surface area (Å²) in [6.45, 7) is 1.30. The van der Waals surface area contributed by atoms with E-state index in [1.807, 2.05) is 12.2 Å². The highest BCUT2D eigenvalue weighted by Crippen LogP contribution is 2.12. The Morgan fingerprint density at radius 2 is 2.36 bits per heavy atom. The molecule has 2 N–H and O–H groups in total. The van der Waals surface area contributed by atoms with Gasteiger partial charge in [-0.3, -0.25) is 0 Å². The van der Waals surface area contributed by atoms with Crippen LogP contribution < -0.4 is 10.6 Å². The monoisotopic (exact) mass is 213 g/mol. The molecule has 2 aliphatic rings. The van der Waals surface area contributed by atoms with Gasteiger partial charge in [0.15, 0.2) is 9.84 Å². The molecule has 0 aliphatic carbocycles. The van der Waals surface area contributed by atoms with Gasteiger partial charge in [-0.1, -0.05) is 12.2 Å². The van der Waals surface area contributed by atoms with Crippen molar-refractivity contribution in [1.29, 1.82) is 0 Å². The van der Waals surface area contributed by atoms with Crippen LogP contribution in [0.3, 0.4) is 0 Å². The zero-order valence-corrected chi connectivity index (χ0v) is 8.60. The molecule has 1 atom stereocenters. The van der Waals surface area contributed by atoms with E-state index in [1.165, 1.54) is 0 Å². The van der Waals surface area contributed by atoms with Crippen molar-refractivity contribution < 1.29 is 8.42 Å². The SMILES string of the molecule is O=S1(=O)CCNC(C2=[C]NCC=C2)C1. The van der Waals surface area contributed by atoms with Gasteiger partial charge in [-0.05, 0) is 5.57 Å².